The van der Waals surface area contributed by atoms with Gasteiger partial charge in [0.25, 0.3) is 0 Å². The second kappa shape index (κ2) is 8.26. The van der Waals surface area contributed by atoms with E-state index in [1.54, 1.807) is 0 Å². The number of fused-ring (bicyclic) bond motifs is 2. The summed E-state index contributed by atoms with van der Waals surface area (Å²) in [6, 6.07) is 19.6. The zero-order valence-corrected chi connectivity index (χ0v) is 19.2. The fourth-order valence-corrected chi connectivity index (χ4v) is 5.87. The normalized spacial score (nSPS) is 20.2. The molecular formula is C28H23ClFNO3. The van der Waals surface area contributed by atoms with Crippen LogP contribution in [-0.2, 0) is 11.2 Å². The number of carboxylic acid groups (broad SMARTS) is 1. The van der Waals surface area contributed by atoms with Crippen molar-refractivity contribution in [1.29, 1.82) is 0 Å². The minimum absolute atomic E-state index is 0.0431. The molecule has 1 aromatic heterocycles. The molecule has 0 saturated carbocycles. The molecule has 1 aliphatic heterocycles. The van der Waals surface area contributed by atoms with Gasteiger partial charge in [-0.05, 0) is 60.7 Å². The Kier molecular flexibility index (Phi) is 5.19. The molecule has 0 amide bonds. The number of furan rings is 1. The smallest absolute Gasteiger partial charge is 0.307 e. The lowest BCUT2D eigenvalue weighted by Crippen LogP contribution is -2.26. The molecule has 172 valence electrons. The van der Waals surface area contributed by atoms with E-state index in [1.165, 1.54) is 0 Å². The van der Waals surface area contributed by atoms with Crippen LogP contribution < -0.4 is 0 Å². The zero-order chi connectivity index (χ0) is 23.4. The van der Waals surface area contributed by atoms with E-state index in [1.807, 2.05) is 60.7 Å². The van der Waals surface area contributed by atoms with Gasteiger partial charge >= 0.3 is 5.97 Å². The van der Waals surface area contributed by atoms with E-state index in [2.05, 4.69) is 4.90 Å². The quantitative estimate of drug-likeness (QED) is 0.347. The van der Waals surface area contributed by atoms with Gasteiger partial charge in [-0.3, -0.25) is 9.69 Å². The van der Waals surface area contributed by atoms with Gasteiger partial charge in [-0.25, -0.2) is 4.39 Å². The van der Waals surface area contributed by atoms with Crippen molar-refractivity contribution in [3.05, 3.63) is 82.6 Å². The first kappa shape index (κ1) is 21.4. The minimum atomic E-state index is -0.753. The summed E-state index contributed by atoms with van der Waals surface area (Å²) in [6.07, 6.45) is 2.05. The van der Waals surface area contributed by atoms with Crippen molar-refractivity contribution in [2.45, 2.75) is 25.3 Å². The van der Waals surface area contributed by atoms with Crippen LogP contribution in [0.1, 0.15) is 30.0 Å². The molecule has 1 aliphatic carbocycles. The number of halogens is 2. The van der Waals surface area contributed by atoms with Gasteiger partial charge in [-0.1, -0.05) is 54.1 Å². The van der Waals surface area contributed by atoms with Gasteiger partial charge in [-0.2, -0.15) is 0 Å². The lowest BCUT2D eigenvalue weighted by Gasteiger charge is -2.24. The highest BCUT2D eigenvalue weighted by atomic mass is 35.5. The zero-order valence-electron chi connectivity index (χ0n) is 18.4. The molecule has 6 heteroatoms. The highest BCUT2D eigenvalue weighted by molar-refractivity contribution is 6.36. The molecule has 1 saturated heterocycles. The maximum atomic E-state index is 15.6. The van der Waals surface area contributed by atoms with Gasteiger partial charge in [0.2, 0.25) is 0 Å². The Hall–Kier alpha value is -3.15. The van der Waals surface area contributed by atoms with Crippen molar-refractivity contribution in [3.63, 3.8) is 0 Å². The Bertz CT molecular complexity index is 1410. The third-order valence-electron chi connectivity index (χ3n) is 7.27. The van der Waals surface area contributed by atoms with E-state index in [0.29, 0.717) is 41.1 Å². The highest BCUT2D eigenvalue weighted by Gasteiger charge is 2.37. The number of aliphatic carboxylic acids is 1. The molecule has 1 N–H and O–H groups in total. The third-order valence-corrected chi connectivity index (χ3v) is 7.68. The summed E-state index contributed by atoms with van der Waals surface area (Å²) < 4.78 is 21.6. The van der Waals surface area contributed by atoms with Crippen molar-refractivity contribution >= 4 is 28.5 Å². The Morgan fingerprint density at radius 1 is 1.06 bits per heavy atom. The number of rotatable bonds is 4. The first-order chi connectivity index (χ1) is 16.5. The first-order valence-corrected chi connectivity index (χ1v) is 11.9. The monoisotopic (exact) mass is 475 g/mol. The summed E-state index contributed by atoms with van der Waals surface area (Å²) in [5.41, 5.74) is 4.50. The number of nitrogens with zero attached hydrogens (tertiary/aromatic N) is 1. The van der Waals surface area contributed by atoms with E-state index < -0.39 is 5.97 Å². The summed E-state index contributed by atoms with van der Waals surface area (Å²) in [4.78, 5) is 13.6. The average molecular weight is 476 g/mol. The molecule has 4 aromatic rings. The second-order valence-corrected chi connectivity index (χ2v) is 9.57. The molecular weight excluding hydrogens is 453 g/mol. The number of hydrogen-bond acceptors (Lipinski definition) is 3. The van der Waals surface area contributed by atoms with Crippen LogP contribution in [-0.4, -0.2) is 29.1 Å². The predicted octanol–water partition coefficient (Wildman–Crippen LogP) is 6.95. The molecule has 0 bridgehead atoms. The van der Waals surface area contributed by atoms with Crippen LogP contribution in [0.4, 0.5) is 4.39 Å². The summed E-state index contributed by atoms with van der Waals surface area (Å²) in [7, 11) is 0. The lowest BCUT2D eigenvalue weighted by atomic mass is 10.0. The fraction of sp³-hybridized carbons (Fsp3) is 0.250. The van der Waals surface area contributed by atoms with Gasteiger partial charge in [0.15, 0.2) is 11.4 Å². The Morgan fingerprint density at radius 2 is 1.85 bits per heavy atom. The van der Waals surface area contributed by atoms with Crippen molar-refractivity contribution in [2.75, 3.05) is 13.1 Å². The van der Waals surface area contributed by atoms with Crippen LogP contribution in [0, 0.1) is 11.7 Å². The van der Waals surface area contributed by atoms with E-state index in [-0.39, 0.29) is 23.4 Å². The second-order valence-electron chi connectivity index (χ2n) is 9.19. The molecule has 0 spiro atoms. The van der Waals surface area contributed by atoms with Crippen LogP contribution >= 0.6 is 11.6 Å². The van der Waals surface area contributed by atoms with E-state index >= 15 is 4.39 Å². The van der Waals surface area contributed by atoms with E-state index in [4.69, 9.17) is 16.0 Å². The topological polar surface area (TPSA) is 53.7 Å². The largest absolute Gasteiger partial charge is 0.481 e. The summed E-state index contributed by atoms with van der Waals surface area (Å²) in [6.45, 7) is 1.23. The number of carbonyl (C=O) groups is 1. The fourth-order valence-electron chi connectivity index (χ4n) is 5.54. The molecule has 6 rings (SSSR count). The number of benzene rings is 3. The van der Waals surface area contributed by atoms with Crippen molar-refractivity contribution < 1.29 is 18.7 Å². The highest BCUT2D eigenvalue weighted by Crippen LogP contribution is 2.44. The standard InChI is InChI=1S/C28H23ClFNO3/c29-25-19(16-5-2-1-3-6-16)7-4-8-21(25)24-14-18-13-22-20(26(30)27(18)34-24)9-10-23(22)31-12-11-17(15-31)28(32)33/h1-8,13-14,17,23H,9-12,15H2,(H,32,33). The summed E-state index contributed by atoms with van der Waals surface area (Å²) in [5.74, 6) is -0.886. The molecule has 2 aliphatic rings. The average Bonchev–Trinajstić information content (AvgIpc) is 3.58. The summed E-state index contributed by atoms with van der Waals surface area (Å²) in [5, 5.41) is 10.6. The Labute approximate surface area is 201 Å². The molecule has 3 aromatic carbocycles. The Morgan fingerprint density at radius 3 is 2.62 bits per heavy atom. The molecule has 34 heavy (non-hydrogen) atoms. The van der Waals surface area contributed by atoms with Crippen molar-refractivity contribution in [3.8, 4) is 22.5 Å². The SMILES string of the molecule is O=C(O)C1CCN(C2CCc3c2cc2cc(-c4cccc(-c5ccccc5)c4Cl)oc2c3F)C1. The predicted molar refractivity (Wildman–Crippen MR) is 130 cm³/mol. The van der Waals surface area contributed by atoms with Crippen molar-refractivity contribution in [1.82, 2.24) is 4.90 Å². The maximum Gasteiger partial charge on any atom is 0.307 e. The van der Waals surface area contributed by atoms with Gasteiger partial charge in [0.05, 0.1) is 10.9 Å². The number of likely N-dealkylation sites (tertiary alicyclic amines) is 1. The number of carboxylic acids is 1. The van der Waals surface area contributed by atoms with Gasteiger partial charge in [-0.15, -0.1) is 0 Å². The Balaban J connectivity index is 1.39. The number of hydrogen-bond donors (Lipinski definition) is 1. The van der Waals surface area contributed by atoms with Gasteiger partial charge in [0.1, 0.15) is 5.76 Å². The molecule has 2 heterocycles. The van der Waals surface area contributed by atoms with Crippen molar-refractivity contribution in [2.24, 2.45) is 5.92 Å². The van der Waals surface area contributed by atoms with Crippen LogP contribution in [0.3, 0.4) is 0 Å². The molecule has 1 fully saturated rings. The van der Waals surface area contributed by atoms with Crippen LogP contribution in [0.25, 0.3) is 33.4 Å². The first-order valence-electron chi connectivity index (χ1n) is 11.6. The lowest BCUT2D eigenvalue weighted by molar-refractivity contribution is -0.141. The maximum absolute atomic E-state index is 15.6. The van der Waals surface area contributed by atoms with Gasteiger partial charge < -0.3 is 9.52 Å². The minimum Gasteiger partial charge on any atom is -0.481 e. The van der Waals surface area contributed by atoms with Crippen LogP contribution in [0.2, 0.25) is 5.02 Å². The molecule has 2 unspecified atom stereocenters. The third kappa shape index (κ3) is 3.42. The van der Waals surface area contributed by atoms with Crippen LogP contribution in [0.5, 0.6) is 0 Å². The van der Waals surface area contributed by atoms with Crippen LogP contribution in [0.15, 0.2) is 65.1 Å². The molecule has 4 nitrogen and oxygen atoms in total. The van der Waals surface area contributed by atoms with E-state index in [9.17, 15) is 9.90 Å². The van der Waals surface area contributed by atoms with Gasteiger partial charge in [0, 0.05) is 29.1 Å². The summed E-state index contributed by atoms with van der Waals surface area (Å²) >= 11 is 6.79. The molecule has 2 atom stereocenters. The van der Waals surface area contributed by atoms with E-state index in [0.717, 1.165) is 35.2 Å². The molecule has 0 radical (unpaired) electrons.